The van der Waals surface area contributed by atoms with E-state index in [0.29, 0.717) is 13.1 Å². The minimum Gasteiger partial charge on any atom is -0.481 e. The van der Waals surface area contributed by atoms with Gasteiger partial charge in [-0.3, -0.25) is 4.79 Å². The molecular weight excluding hydrogens is 274 g/mol. The molecule has 0 radical (unpaired) electrons. The first kappa shape index (κ1) is 16.1. The third-order valence-corrected chi connectivity index (χ3v) is 4.05. The van der Waals surface area contributed by atoms with Crippen molar-refractivity contribution < 1.29 is 9.90 Å². The van der Waals surface area contributed by atoms with Crippen molar-refractivity contribution in [3.05, 3.63) is 65.2 Å². The predicted molar refractivity (Wildman–Crippen MR) is 90.2 cm³/mol. The lowest BCUT2D eigenvalue weighted by molar-refractivity contribution is -0.140. The fourth-order valence-electron chi connectivity index (χ4n) is 2.54. The summed E-state index contributed by atoms with van der Waals surface area (Å²) in [5, 5.41) is 9.24. The number of hydrogen-bond acceptors (Lipinski definition) is 2. The lowest BCUT2D eigenvalue weighted by atomic mass is 10.0. The minimum absolute atomic E-state index is 0.413. The number of carboxylic acid groups (broad SMARTS) is 1. The van der Waals surface area contributed by atoms with Crippen LogP contribution in [0.5, 0.6) is 0 Å². The topological polar surface area (TPSA) is 40.5 Å². The highest BCUT2D eigenvalue weighted by Crippen LogP contribution is 2.25. The van der Waals surface area contributed by atoms with Gasteiger partial charge in [0.05, 0.1) is 5.92 Å². The molecule has 0 aromatic heterocycles. The van der Waals surface area contributed by atoms with E-state index in [1.165, 1.54) is 16.7 Å². The molecule has 116 valence electrons. The van der Waals surface area contributed by atoms with Crippen LogP contribution in [0.25, 0.3) is 0 Å². The van der Waals surface area contributed by atoms with E-state index in [2.05, 4.69) is 43.0 Å². The predicted octanol–water partition coefficient (Wildman–Crippen LogP) is 4.03. The second kappa shape index (κ2) is 7.12. The lowest BCUT2D eigenvalue weighted by Gasteiger charge is -2.29. The van der Waals surface area contributed by atoms with Crippen LogP contribution in [0.1, 0.15) is 23.6 Å². The van der Waals surface area contributed by atoms with Crippen LogP contribution in [-0.2, 0) is 11.3 Å². The molecule has 0 amide bonds. The van der Waals surface area contributed by atoms with E-state index in [1.54, 1.807) is 6.92 Å². The standard InChI is InChI=1S/C19H23NO2/c1-14-8-7-11-18(16(14)3)20(12-15(2)19(21)22)13-17-9-5-4-6-10-17/h4-11,15H,12-13H2,1-3H3,(H,21,22). The molecule has 0 fully saturated rings. The van der Waals surface area contributed by atoms with E-state index in [1.807, 2.05) is 24.3 Å². The Bertz CT molecular complexity index is 637. The number of aryl methyl sites for hydroxylation is 1. The Balaban J connectivity index is 2.32. The second-order valence-corrected chi connectivity index (χ2v) is 5.82. The molecule has 2 aromatic rings. The maximum absolute atomic E-state index is 11.2. The van der Waals surface area contributed by atoms with Crippen molar-refractivity contribution >= 4 is 11.7 Å². The monoisotopic (exact) mass is 297 g/mol. The summed E-state index contributed by atoms with van der Waals surface area (Å²) in [4.78, 5) is 13.4. The second-order valence-electron chi connectivity index (χ2n) is 5.82. The number of benzene rings is 2. The molecule has 0 aliphatic carbocycles. The van der Waals surface area contributed by atoms with Gasteiger partial charge in [-0.15, -0.1) is 0 Å². The van der Waals surface area contributed by atoms with Crippen LogP contribution < -0.4 is 4.90 Å². The normalized spacial score (nSPS) is 12.0. The van der Waals surface area contributed by atoms with E-state index < -0.39 is 11.9 Å². The van der Waals surface area contributed by atoms with Gasteiger partial charge in [0.25, 0.3) is 0 Å². The zero-order valence-corrected chi connectivity index (χ0v) is 13.4. The molecule has 0 spiro atoms. The summed E-state index contributed by atoms with van der Waals surface area (Å²) in [6.07, 6.45) is 0. The first-order valence-corrected chi connectivity index (χ1v) is 7.57. The van der Waals surface area contributed by atoms with Gasteiger partial charge in [0.2, 0.25) is 0 Å². The van der Waals surface area contributed by atoms with Crippen LogP contribution in [0.4, 0.5) is 5.69 Å². The van der Waals surface area contributed by atoms with Crippen LogP contribution in [0.3, 0.4) is 0 Å². The Morgan fingerprint density at radius 1 is 1.09 bits per heavy atom. The molecule has 1 unspecified atom stereocenters. The van der Waals surface area contributed by atoms with Gasteiger partial charge >= 0.3 is 5.97 Å². The molecule has 2 aromatic carbocycles. The smallest absolute Gasteiger partial charge is 0.308 e. The van der Waals surface area contributed by atoms with Crippen LogP contribution >= 0.6 is 0 Å². The van der Waals surface area contributed by atoms with Crippen LogP contribution in [0.15, 0.2) is 48.5 Å². The fraction of sp³-hybridized carbons (Fsp3) is 0.316. The molecule has 0 aliphatic heterocycles. The number of carbonyl (C=O) groups is 1. The van der Waals surface area contributed by atoms with Gasteiger partial charge in [0, 0.05) is 18.8 Å². The first-order chi connectivity index (χ1) is 10.5. The number of rotatable bonds is 6. The Hall–Kier alpha value is -2.29. The Labute approximate surface area is 132 Å². The average molecular weight is 297 g/mol. The summed E-state index contributed by atoms with van der Waals surface area (Å²) in [5.41, 5.74) is 4.72. The number of aliphatic carboxylic acids is 1. The highest BCUT2D eigenvalue weighted by atomic mass is 16.4. The third-order valence-electron chi connectivity index (χ3n) is 4.05. The molecule has 0 heterocycles. The number of hydrogen-bond donors (Lipinski definition) is 1. The van der Waals surface area contributed by atoms with Gasteiger partial charge < -0.3 is 10.0 Å². The average Bonchev–Trinajstić information content (AvgIpc) is 2.50. The molecule has 1 N–H and O–H groups in total. The summed E-state index contributed by atoms with van der Waals surface area (Å²) in [6, 6.07) is 16.3. The third kappa shape index (κ3) is 3.88. The maximum atomic E-state index is 11.2. The Morgan fingerprint density at radius 3 is 2.41 bits per heavy atom. The minimum atomic E-state index is -0.761. The molecule has 0 saturated carbocycles. The first-order valence-electron chi connectivity index (χ1n) is 7.57. The van der Waals surface area contributed by atoms with Crippen molar-refractivity contribution in [1.29, 1.82) is 0 Å². The zero-order valence-electron chi connectivity index (χ0n) is 13.4. The van der Waals surface area contributed by atoms with Crippen molar-refractivity contribution in [3.63, 3.8) is 0 Å². The summed E-state index contributed by atoms with van der Waals surface area (Å²) in [6.45, 7) is 7.14. The van der Waals surface area contributed by atoms with Gasteiger partial charge in [-0.25, -0.2) is 0 Å². The van der Waals surface area contributed by atoms with Crippen molar-refractivity contribution in [2.75, 3.05) is 11.4 Å². The molecule has 3 heteroatoms. The lowest BCUT2D eigenvalue weighted by Crippen LogP contribution is -2.32. The highest BCUT2D eigenvalue weighted by Gasteiger charge is 2.18. The molecule has 22 heavy (non-hydrogen) atoms. The van der Waals surface area contributed by atoms with Crippen molar-refractivity contribution in [1.82, 2.24) is 0 Å². The van der Waals surface area contributed by atoms with Gasteiger partial charge in [-0.05, 0) is 36.6 Å². The van der Waals surface area contributed by atoms with Crippen LogP contribution in [0, 0.1) is 19.8 Å². The molecular formula is C19H23NO2. The largest absolute Gasteiger partial charge is 0.481 e. The molecule has 0 saturated heterocycles. The van der Waals surface area contributed by atoms with Crippen molar-refractivity contribution in [2.24, 2.45) is 5.92 Å². The van der Waals surface area contributed by atoms with Crippen LogP contribution in [-0.4, -0.2) is 17.6 Å². The fourth-order valence-corrected chi connectivity index (χ4v) is 2.54. The molecule has 2 rings (SSSR count). The summed E-state index contributed by atoms with van der Waals surface area (Å²) >= 11 is 0. The van der Waals surface area contributed by atoms with E-state index in [0.717, 1.165) is 5.69 Å². The zero-order chi connectivity index (χ0) is 16.1. The van der Waals surface area contributed by atoms with E-state index in [4.69, 9.17) is 0 Å². The molecule has 1 atom stereocenters. The van der Waals surface area contributed by atoms with Crippen molar-refractivity contribution in [2.45, 2.75) is 27.3 Å². The number of anilines is 1. The quantitative estimate of drug-likeness (QED) is 0.875. The highest BCUT2D eigenvalue weighted by molar-refractivity contribution is 5.70. The van der Waals surface area contributed by atoms with E-state index >= 15 is 0 Å². The van der Waals surface area contributed by atoms with Gasteiger partial charge in [-0.1, -0.05) is 49.4 Å². The van der Waals surface area contributed by atoms with Gasteiger partial charge in [-0.2, -0.15) is 0 Å². The van der Waals surface area contributed by atoms with Crippen molar-refractivity contribution in [3.8, 4) is 0 Å². The summed E-state index contributed by atoms with van der Waals surface area (Å²) in [5.74, 6) is -1.17. The Kier molecular flexibility index (Phi) is 5.21. The maximum Gasteiger partial charge on any atom is 0.308 e. The summed E-state index contributed by atoms with van der Waals surface area (Å²) < 4.78 is 0. The number of nitrogens with zero attached hydrogens (tertiary/aromatic N) is 1. The Morgan fingerprint density at radius 2 is 1.77 bits per heavy atom. The van der Waals surface area contributed by atoms with E-state index in [9.17, 15) is 9.90 Å². The molecule has 0 aliphatic rings. The SMILES string of the molecule is Cc1cccc(N(Cc2ccccc2)CC(C)C(=O)O)c1C. The van der Waals surface area contributed by atoms with Gasteiger partial charge in [0.15, 0.2) is 0 Å². The molecule has 3 nitrogen and oxygen atoms in total. The van der Waals surface area contributed by atoms with E-state index in [-0.39, 0.29) is 0 Å². The number of carboxylic acids is 1. The molecule has 0 bridgehead atoms. The van der Waals surface area contributed by atoms with Gasteiger partial charge in [0.1, 0.15) is 0 Å². The summed E-state index contributed by atoms with van der Waals surface area (Å²) in [7, 11) is 0. The van der Waals surface area contributed by atoms with Crippen LogP contribution in [0.2, 0.25) is 0 Å².